The fourth-order valence-electron chi connectivity index (χ4n) is 4.29. The molecule has 0 saturated carbocycles. The zero-order valence-electron chi connectivity index (χ0n) is 13.9. The van der Waals surface area contributed by atoms with Gasteiger partial charge in [0.25, 0.3) is 0 Å². The first kappa shape index (κ1) is 14.1. The first-order valence-corrected chi connectivity index (χ1v) is 8.79. The highest BCUT2D eigenvalue weighted by Crippen LogP contribution is 2.56. The van der Waals surface area contributed by atoms with Crippen LogP contribution in [0.2, 0.25) is 0 Å². The summed E-state index contributed by atoms with van der Waals surface area (Å²) in [6, 6.07) is 22.7. The molecule has 3 aliphatic rings. The molecule has 3 aromatic rings. The molecule has 4 nitrogen and oxygen atoms in total. The van der Waals surface area contributed by atoms with Gasteiger partial charge in [0.05, 0.1) is 5.92 Å². The zero-order valence-corrected chi connectivity index (χ0v) is 13.9. The van der Waals surface area contributed by atoms with Crippen LogP contribution in [0.5, 0.6) is 23.0 Å². The highest BCUT2D eigenvalue weighted by atomic mass is 16.7. The van der Waals surface area contributed by atoms with Crippen LogP contribution in [0.25, 0.3) is 0 Å². The van der Waals surface area contributed by atoms with Gasteiger partial charge < -0.3 is 18.9 Å². The van der Waals surface area contributed by atoms with E-state index in [2.05, 4.69) is 42.5 Å². The molecule has 0 bridgehead atoms. The summed E-state index contributed by atoms with van der Waals surface area (Å²) in [6.45, 7) is 0.250. The van der Waals surface area contributed by atoms with Crippen molar-refractivity contribution in [3.05, 3.63) is 83.4 Å². The lowest BCUT2D eigenvalue weighted by Gasteiger charge is -2.35. The lowest BCUT2D eigenvalue weighted by Crippen LogP contribution is -2.34. The van der Waals surface area contributed by atoms with E-state index in [-0.39, 0.29) is 24.9 Å². The van der Waals surface area contributed by atoms with Gasteiger partial charge in [-0.15, -0.1) is 0 Å². The Balaban J connectivity index is 1.58. The molecule has 3 aliphatic heterocycles. The van der Waals surface area contributed by atoms with Crippen LogP contribution >= 0.6 is 0 Å². The van der Waals surface area contributed by atoms with E-state index in [1.165, 1.54) is 11.1 Å². The minimum Gasteiger partial charge on any atom is -0.454 e. The number of rotatable bonds is 1. The normalized spacial score (nSPS) is 24.1. The number of ether oxygens (including phenoxy) is 4. The summed E-state index contributed by atoms with van der Waals surface area (Å²) in [5, 5.41) is 0. The van der Waals surface area contributed by atoms with Gasteiger partial charge in [0.15, 0.2) is 11.5 Å². The average molecular weight is 344 g/mol. The van der Waals surface area contributed by atoms with E-state index in [1.807, 2.05) is 24.3 Å². The van der Waals surface area contributed by atoms with E-state index in [0.717, 1.165) is 28.6 Å². The van der Waals surface area contributed by atoms with Gasteiger partial charge in [-0.05, 0) is 17.7 Å². The standard InChI is InChI=1S/C22H16O4/c1-2-6-13(7-3-1)20-15-10-18-19(24-12-23-18)11-17(15)26-22-21(20)14-8-4-5-9-16(14)25-22/h1-11,20-22H,12H2/t20-,21-,22+/m0/s1. The molecule has 26 heavy (non-hydrogen) atoms. The number of hydrogen-bond donors (Lipinski definition) is 0. The zero-order chi connectivity index (χ0) is 17.1. The van der Waals surface area contributed by atoms with Crippen LogP contribution in [0, 0.1) is 0 Å². The Labute approximate surface area is 150 Å². The molecule has 128 valence electrons. The quantitative estimate of drug-likeness (QED) is 0.654. The van der Waals surface area contributed by atoms with Crippen molar-refractivity contribution in [2.75, 3.05) is 6.79 Å². The van der Waals surface area contributed by atoms with Gasteiger partial charge in [-0.25, -0.2) is 0 Å². The molecule has 3 heterocycles. The monoisotopic (exact) mass is 344 g/mol. The highest BCUT2D eigenvalue weighted by Gasteiger charge is 2.47. The Morgan fingerprint density at radius 3 is 2.27 bits per heavy atom. The van der Waals surface area contributed by atoms with Crippen molar-refractivity contribution in [2.45, 2.75) is 18.1 Å². The van der Waals surface area contributed by atoms with Crippen molar-refractivity contribution < 1.29 is 18.9 Å². The summed E-state index contributed by atoms with van der Waals surface area (Å²) in [5.41, 5.74) is 3.54. The van der Waals surface area contributed by atoms with Crippen LogP contribution in [0.1, 0.15) is 28.5 Å². The van der Waals surface area contributed by atoms with Crippen LogP contribution in [-0.4, -0.2) is 13.1 Å². The molecule has 0 spiro atoms. The van der Waals surface area contributed by atoms with Gasteiger partial charge in [0.1, 0.15) is 11.5 Å². The third-order valence-electron chi connectivity index (χ3n) is 5.42. The molecule has 0 aromatic heterocycles. The summed E-state index contributed by atoms with van der Waals surface area (Å²) in [4.78, 5) is 0. The number of hydrogen-bond acceptors (Lipinski definition) is 4. The first-order valence-electron chi connectivity index (χ1n) is 8.79. The summed E-state index contributed by atoms with van der Waals surface area (Å²) >= 11 is 0. The second kappa shape index (κ2) is 5.18. The lowest BCUT2D eigenvalue weighted by molar-refractivity contribution is -0.0107. The van der Waals surface area contributed by atoms with Crippen molar-refractivity contribution in [2.24, 2.45) is 0 Å². The summed E-state index contributed by atoms with van der Waals surface area (Å²) in [7, 11) is 0. The van der Waals surface area contributed by atoms with Gasteiger partial charge in [-0.1, -0.05) is 48.5 Å². The Bertz CT molecular complexity index is 998. The Hall–Kier alpha value is -3.14. The van der Waals surface area contributed by atoms with Crippen molar-refractivity contribution in [1.29, 1.82) is 0 Å². The second-order valence-corrected chi connectivity index (χ2v) is 6.80. The highest BCUT2D eigenvalue weighted by molar-refractivity contribution is 5.59. The SMILES string of the molecule is c1ccc([C@H]2c3cc4c(cc3O[C@H]3Oc5ccccc5[C@H]32)OCO4)cc1. The molecule has 0 aliphatic carbocycles. The van der Waals surface area contributed by atoms with Crippen molar-refractivity contribution in [1.82, 2.24) is 0 Å². The van der Waals surface area contributed by atoms with E-state index < -0.39 is 0 Å². The van der Waals surface area contributed by atoms with E-state index in [1.54, 1.807) is 0 Å². The maximum absolute atomic E-state index is 6.26. The topological polar surface area (TPSA) is 36.9 Å². The predicted molar refractivity (Wildman–Crippen MR) is 95.1 cm³/mol. The average Bonchev–Trinajstić information content (AvgIpc) is 3.28. The van der Waals surface area contributed by atoms with E-state index in [0.29, 0.717) is 0 Å². The lowest BCUT2D eigenvalue weighted by atomic mass is 9.75. The van der Waals surface area contributed by atoms with Gasteiger partial charge in [0.2, 0.25) is 13.1 Å². The molecule has 0 radical (unpaired) electrons. The van der Waals surface area contributed by atoms with Gasteiger partial charge >= 0.3 is 0 Å². The smallest absolute Gasteiger partial charge is 0.248 e. The fourth-order valence-corrected chi connectivity index (χ4v) is 4.29. The third kappa shape index (κ3) is 1.90. The molecule has 0 N–H and O–H groups in total. The maximum atomic E-state index is 6.26. The summed E-state index contributed by atoms with van der Waals surface area (Å²) in [5.74, 6) is 3.43. The molecule has 3 atom stereocenters. The summed E-state index contributed by atoms with van der Waals surface area (Å²) < 4.78 is 23.6. The van der Waals surface area contributed by atoms with Crippen LogP contribution in [0.15, 0.2) is 66.7 Å². The molecule has 0 unspecified atom stereocenters. The minimum absolute atomic E-state index is 0.0986. The number of benzene rings is 3. The predicted octanol–water partition coefficient (Wildman–Crippen LogP) is 4.44. The van der Waals surface area contributed by atoms with Crippen LogP contribution in [0.4, 0.5) is 0 Å². The van der Waals surface area contributed by atoms with Crippen molar-refractivity contribution in [3.8, 4) is 23.0 Å². The molecule has 6 rings (SSSR count). The van der Waals surface area contributed by atoms with Crippen LogP contribution in [-0.2, 0) is 0 Å². The molecule has 3 aromatic carbocycles. The maximum Gasteiger partial charge on any atom is 0.248 e. The molecular formula is C22H16O4. The fraction of sp³-hybridized carbons (Fsp3) is 0.182. The van der Waals surface area contributed by atoms with Gasteiger partial charge in [0, 0.05) is 23.1 Å². The van der Waals surface area contributed by atoms with Crippen LogP contribution in [0.3, 0.4) is 0 Å². The molecular weight excluding hydrogens is 328 g/mol. The first-order chi connectivity index (χ1) is 12.9. The van der Waals surface area contributed by atoms with Crippen molar-refractivity contribution in [3.63, 3.8) is 0 Å². The molecule has 0 saturated heterocycles. The molecule has 0 fully saturated rings. The Morgan fingerprint density at radius 2 is 1.38 bits per heavy atom. The van der Waals surface area contributed by atoms with Gasteiger partial charge in [-0.3, -0.25) is 0 Å². The minimum atomic E-state index is -0.342. The third-order valence-corrected chi connectivity index (χ3v) is 5.42. The summed E-state index contributed by atoms with van der Waals surface area (Å²) in [6.07, 6.45) is -0.342. The second-order valence-electron chi connectivity index (χ2n) is 6.80. The van der Waals surface area contributed by atoms with Crippen LogP contribution < -0.4 is 18.9 Å². The number of fused-ring (bicyclic) bond motifs is 5. The van der Waals surface area contributed by atoms with E-state index in [9.17, 15) is 0 Å². The Kier molecular flexibility index (Phi) is 2.80. The molecule has 0 amide bonds. The van der Waals surface area contributed by atoms with Crippen molar-refractivity contribution >= 4 is 0 Å². The van der Waals surface area contributed by atoms with Gasteiger partial charge in [-0.2, -0.15) is 0 Å². The Morgan fingerprint density at radius 1 is 0.654 bits per heavy atom. The van der Waals surface area contributed by atoms with E-state index in [4.69, 9.17) is 18.9 Å². The molecule has 4 heteroatoms. The largest absolute Gasteiger partial charge is 0.454 e. The van der Waals surface area contributed by atoms with E-state index >= 15 is 0 Å². The number of para-hydroxylation sites is 1.